The first-order valence-corrected chi connectivity index (χ1v) is 5.13. The van der Waals surface area contributed by atoms with Crippen molar-refractivity contribution in [3.8, 4) is 0 Å². The lowest BCUT2D eigenvalue weighted by atomic mass is 10.1. The van der Waals surface area contributed by atoms with Gasteiger partial charge in [-0.15, -0.1) is 0 Å². The van der Waals surface area contributed by atoms with E-state index in [1.807, 2.05) is 0 Å². The standard InChI is InChI=1S/C11H11F3N2O/c1-2-16-8-3-4-15-6-7(8)5-9(16)10(17)11(12,13)14/h2,5,15H,1,3-4,6H2. The molecule has 1 aliphatic heterocycles. The quantitative estimate of drug-likeness (QED) is 0.807. The van der Waals surface area contributed by atoms with E-state index >= 15 is 0 Å². The molecule has 17 heavy (non-hydrogen) atoms. The normalized spacial score (nSPS) is 15.5. The van der Waals surface area contributed by atoms with Gasteiger partial charge in [0.25, 0.3) is 5.78 Å². The predicted octanol–water partition coefficient (Wildman–Crippen LogP) is 1.98. The highest BCUT2D eigenvalue weighted by Gasteiger charge is 2.41. The Morgan fingerprint density at radius 2 is 2.24 bits per heavy atom. The highest BCUT2D eigenvalue weighted by Crippen LogP contribution is 2.26. The molecule has 0 spiro atoms. The van der Waals surface area contributed by atoms with Gasteiger partial charge in [0.1, 0.15) is 0 Å². The number of fused-ring (bicyclic) bond motifs is 1. The molecule has 0 aromatic carbocycles. The van der Waals surface area contributed by atoms with Gasteiger partial charge < -0.3 is 9.88 Å². The number of nitrogens with one attached hydrogen (secondary N) is 1. The summed E-state index contributed by atoms with van der Waals surface area (Å²) < 4.78 is 38.5. The van der Waals surface area contributed by atoms with Crippen molar-refractivity contribution >= 4 is 12.0 Å². The first kappa shape index (κ1) is 11.9. The van der Waals surface area contributed by atoms with Crippen molar-refractivity contribution in [1.29, 1.82) is 0 Å². The van der Waals surface area contributed by atoms with Crippen LogP contribution in [0.5, 0.6) is 0 Å². The SMILES string of the molecule is C=Cn1c(C(=O)C(F)(F)F)cc2c1CCNC2. The van der Waals surface area contributed by atoms with Crippen LogP contribution in [0.4, 0.5) is 13.2 Å². The molecule has 0 fully saturated rings. The van der Waals surface area contributed by atoms with Gasteiger partial charge in [0, 0.05) is 31.4 Å². The third kappa shape index (κ3) is 2.00. The minimum absolute atomic E-state index is 0.360. The van der Waals surface area contributed by atoms with Crippen molar-refractivity contribution in [2.45, 2.75) is 19.1 Å². The lowest BCUT2D eigenvalue weighted by Gasteiger charge is -2.15. The molecule has 1 aliphatic rings. The summed E-state index contributed by atoms with van der Waals surface area (Å²) in [5.41, 5.74) is 1.09. The zero-order valence-corrected chi connectivity index (χ0v) is 8.97. The molecule has 0 atom stereocenters. The summed E-state index contributed by atoms with van der Waals surface area (Å²) in [6.07, 6.45) is -3.01. The molecule has 0 saturated carbocycles. The zero-order chi connectivity index (χ0) is 12.6. The second-order valence-electron chi connectivity index (χ2n) is 3.81. The Kier molecular flexibility index (Phi) is 2.82. The molecule has 0 bridgehead atoms. The molecular formula is C11H11F3N2O. The smallest absolute Gasteiger partial charge is 0.318 e. The second-order valence-corrected chi connectivity index (χ2v) is 3.81. The van der Waals surface area contributed by atoms with Crippen LogP contribution in [0.3, 0.4) is 0 Å². The van der Waals surface area contributed by atoms with Crippen molar-refractivity contribution in [2.75, 3.05) is 6.54 Å². The van der Waals surface area contributed by atoms with Crippen molar-refractivity contribution < 1.29 is 18.0 Å². The number of rotatable bonds is 2. The monoisotopic (exact) mass is 244 g/mol. The van der Waals surface area contributed by atoms with E-state index < -0.39 is 12.0 Å². The fourth-order valence-electron chi connectivity index (χ4n) is 2.01. The van der Waals surface area contributed by atoms with Crippen LogP contribution in [0.25, 0.3) is 6.20 Å². The summed E-state index contributed by atoms with van der Waals surface area (Å²) in [5, 5.41) is 3.04. The van der Waals surface area contributed by atoms with Gasteiger partial charge in [0.15, 0.2) is 0 Å². The van der Waals surface area contributed by atoms with E-state index in [2.05, 4.69) is 11.9 Å². The lowest BCUT2D eigenvalue weighted by Crippen LogP contribution is -2.26. The van der Waals surface area contributed by atoms with Crippen molar-refractivity contribution in [3.05, 3.63) is 29.6 Å². The Hall–Kier alpha value is -1.56. The van der Waals surface area contributed by atoms with E-state index in [1.54, 1.807) is 0 Å². The van der Waals surface area contributed by atoms with E-state index in [9.17, 15) is 18.0 Å². The molecule has 0 unspecified atom stereocenters. The Balaban J connectivity index is 2.51. The molecular weight excluding hydrogens is 233 g/mol. The summed E-state index contributed by atoms with van der Waals surface area (Å²) in [5.74, 6) is -1.83. The van der Waals surface area contributed by atoms with Gasteiger partial charge in [0.05, 0.1) is 5.69 Å². The van der Waals surface area contributed by atoms with Crippen LogP contribution < -0.4 is 5.32 Å². The van der Waals surface area contributed by atoms with Gasteiger partial charge in [-0.25, -0.2) is 0 Å². The average Bonchev–Trinajstić information content (AvgIpc) is 2.64. The largest absolute Gasteiger partial charge is 0.456 e. The van der Waals surface area contributed by atoms with E-state index in [1.165, 1.54) is 16.8 Å². The number of aromatic nitrogens is 1. The summed E-state index contributed by atoms with van der Waals surface area (Å²) in [7, 11) is 0. The molecule has 0 amide bonds. The van der Waals surface area contributed by atoms with Crippen LogP contribution in [0.2, 0.25) is 0 Å². The minimum Gasteiger partial charge on any atom is -0.318 e. The molecule has 0 radical (unpaired) electrons. The number of alkyl halides is 3. The summed E-state index contributed by atoms with van der Waals surface area (Å²) in [6.45, 7) is 4.62. The van der Waals surface area contributed by atoms with E-state index in [4.69, 9.17) is 0 Å². The van der Waals surface area contributed by atoms with Gasteiger partial charge in [-0.1, -0.05) is 6.58 Å². The number of hydrogen-bond acceptors (Lipinski definition) is 2. The highest BCUT2D eigenvalue weighted by atomic mass is 19.4. The zero-order valence-electron chi connectivity index (χ0n) is 8.97. The third-order valence-corrected chi connectivity index (χ3v) is 2.76. The maximum atomic E-state index is 12.4. The van der Waals surface area contributed by atoms with Gasteiger partial charge in [-0.05, 0) is 11.6 Å². The topological polar surface area (TPSA) is 34.0 Å². The maximum Gasteiger partial charge on any atom is 0.456 e. The fraction of sp³-hybridized carbons (Fsp3) is 0.364. The van der Waals surface area contributed by atoms with Crippen LogP contribution >= 0.6 is 0 Å². The summed E-state index contributed by atoms with van der Waals surface area (Å²) >= 11 is 0. The molecule has 2 heterocycles. The van der Waals surface area contributed by atoms with E-state index in [0.29, 0.717) is 19.5 Å². The van der Waals surface area contributed by atoms with Crippen molar-refractivity contribution in [1.82, 2.24) is 9.88 Å². The predicted molar refractivity (Wildman–Crippen MR) is 56.6 cm³/mol. The van der Waals surface area contributed by atoms with Crippen LogP contribution in [0, 0.1) is 0 Å². The van der Waals surface area contributed by atoms with Crippen LogP contribution in [-0.2, 0) is 13.0 Å². The second kappa shape index (κ2) is 4.03. The summed E-state index contributed by atoms with van der Waals surface area (Å²) in [4.78, 5) is 11.2. The number of carbonyl (C=O) groups excluding carboxylic acids is 1. The van der Waals surface area contributed by atoms with Gasteiger partial charge in [-0.2, -0.15) is 13.2 Å². The number of halogens is 3. The van der Waals surface area contributed by atoms with Crippen molar-refractivity contribution in [3.63, 3.8) is 0 Å². The maximum absolute atomic E-state index is 12.4. The molecule has 1 N–H and O–H groups in total. The van der Waals surface area contributed by atoms with E-state index in [0.717, 1.165) is 11.3 Å². The highest BCUT2D eigenvalue weighted by molar-refractivity contribution is 6.00. The number of carbonyl (C=O) groups is 1. The van der Waals surface area contributed by atoms with Crippen LogP contribution in [0.15, 0.2) is 12.6 Å². The van der Waals surface area contributed by atoms with Crippen LogP contribution in [0.1, 0.15) is 21.7 Å². The lowest BCUT2D eigenvalue weighted by molar-refractivity contribution is -0.0889. The number of ketones is 1. The first-order chi connectivity index (χ1) is 7.95. The van der Waals surface area contributed by atoms with Crippen LogP contribution in [-0.4, -0.2) is 23.1 Å². The fourth-order valence-corrected chi connectivity index (χ4v) is 2.01. The van der Waals surface area contributed by atoms with Gasteiger partial charge in [-0.3, -0.25) is 4.79 Å². The minimum atomic E-state index is -4.85. The molecule has 2 rings (SSSR count). The Morgan fingerprint density at radius 3 is 2.82 bits per heavy atom. The Morgan fingerprint density at radius 1 is 1.53 bits per heavy atom. The number of nitrogens with zero attached hydrogens (tertiary/aromatic N) is 1. The van der Waals surface area contributed by atoms with Crippen molar-refractivity contribution in [2.24, 2.45) is 0 Å². The number of Topliss-reactive ketones (excluding diaryl/α,β-unsaturated/α-hetero) is 1. The Bertz CT molecular complexity index is 474. The third-order valence-electron chi connectivity index (χ3n) is 2.76. The Labute approximate surface area is 95.9 Å². The molecule has 0 aliphatic carbocycles. The molecule has 0 saturated heterocycles. The van der Waals surface area contributed by atoms with Gasteiger partial charge >= 0.3 is 6.18 Å². The first-order valence-electron chi connectivity index (χ1n) is 5.13. The number of hydrogen-bond donors (Lipinski definition) is 1. The average molecular weight is 244 g/mol. The molecule has 6 heteroatoms. The molecule has 1 aromatic rings. The van der Waals surface area contributed by atoms with Gasteiger partial charge in [0.2, 0.25) is 0 Å². The molecule has 1 aromatic heterocycles. The molecule has 3 nitrogen and oxygen atoms in total. The summed E-state index contributed by atoms with van der Waals surface area (Å²) in [6, 6.07) is 1.29. The molecule has 92 valence electrons. The van der Waals surface area contributed by atoms with E-state index in [-0.39, 0.29) is 5.69 Å².